The van der Waals surface area contributed by atoms with Crippen molar-refractivity contribution in [3.8, 4) is 11.3 Å². The molecule has 0 aliphatic carbocycles. The first-order valence-electron chi connectivity index (χ1n) is 9.10. The highest BCUT2D eigenvalue weighted by Gasteiger charge is 2.27. The minimum atomic E-state index is -4.04. The third kappa shape index (κ3) is 4.43. The van der Waals surface area contributed by atoms with E-state index >= 15 is 0 Å². The zero-order valence-corrected chi connectivity index (χ0v) is 16.2. The molecule has 7 nitrogen and oxygen atoms in total. The van der Waals surface area contributed by atoms with Gasteiger partial charge in [0.05, 0.1) is 10.6 Å². The van der Waals surface area contributed by atoms with Gasteiger partial charge in [-0.05, 0) is 37.1 Å². The lowest BCUT2D eigenvalue weighted by atomic mass is 10.1. The molecule has 0 radical (unpaired) electrons. The molecular weight excluding hydrogens is 400 g/mol. The molecule has 2 N–H and O–H groups in total. The monoisotopic (exact) mass is 419 g/mol. The Morgan fingerprint density at radius 3 is 2.55 bits per heavy atom. The molecule has 4 rings (SSSR count). The smallest absolute Gasteiger partial charge is 0.241 e. The van der Waals surface area contributed by atoms with Crippen LogP contribution in [0.3, 0.4) is 0 Å². The van der Waals surface area contributed by atoms with E-state index in [1.807, 2.05) is 23.1 Å². The van der Waals surface area contributed by atoms with Crippen LogP contribution >= 0.6 is 0 Å². The largest absolute Gasteiger partial charge is 0.354 e. The summed E-state index contributed by atoms with van der Waals surface area (Å²) in [6.07, 6.45) is 4.75. The number of sulfonamides is 1. The van der Waals surface area contributed by atoms with Crippen LogP contribution in [-0.2, 0) is 10.0 Å². The second kappa shape index (κ2) is 7.88. The minimum absolute atomic E-state index is 0.400. The first kappa shape index (κ1) is 19.5. The maximum atomic E-state index is 13.4. The maximum absolute atomic E-state index is 13.4. The lowest BCUT2D eigenvalue weighted by molar-refractivity contribution is 0.463. The molecule has 0 spiro atoms. The first-order chi connectivity index (χ1) is 13.9. The molecule has 0 amide bonds. The van der Waals surface area contributed by atoms with Gasteiger partial charge in [0.15, 0.2) is 5.82 Å². The van der Waals surface area contributed by atoms with Crippen LogP contribution in [0.5, 0.6) is 0 Å². The Labute approximate surface area is 166 Å². The van der Waals surface area contributed by atoms with Gasteiger partial charge >= 0.3 is 0 Å². The van der Waals surface area contributed by atoms with Crippen molar-refractivity contribution in [1.82, 2.24) is 19.9 Å². The number of aromatic nitrogens is 3. The van der Waals surface area contributed by atoms with E-state index in [4.69, 9.17) is 0 Å². The number of aromatic amines is 1. The predicted molar refractivity (Wildman–Crippen MR) is 104 cm³/mol. The average molecular weight is 419 g/mol. The predicted octanol–water partition coefficient (Wildman–Crippen LogP) is 2.70. The van der Waals surface area contributed by atoms with Crippen LogP contribution in [0, 0.1) is 11.6 Å². The standard InChI is InChI=1S/C19H19F2N5O2S/c20-14-8-15(21)10-17(9-14)29(27,28)25-16-2-1-7-26(12-16)19-11-18(23-24-19)13-3-5-22-6-4-13/h3-6,8-11,16,25H,1-2,7,12H2,(H,23,24)/t16-/m1/s1. The van der Waals surface area contributed by atoms with Crippen molar-refractivity contribution in [2.45, 2.75) is 23.8 Å². The molecule has 152 valence electrons. The second-order valence-electron chi connectivity index (χ2n) is 6.89. The van der Waals surface area contributed by atoms with Crippen molar-refractivity contribution in [3.05, 3.63) is 60.4 Å². The summed E-state index contributed by atoms with van der Waals surface area (Å²) in [6.45, 7) is 1.13. The maximum Gasteiger partial charge on any atom is 0.241 e. The summed E-state index contributed by atoms with van der Waals surface area (Å²) in [7, 11) is -4.04. The fraction of sp³-hybridized carbons (Fsp3) is 0.263. The summed E-state index contributed by atoms with van der Waals surface area (Å²) in [5.74, 6) is -1.16. The fourth-order valence-corrected chi connectivity index (χ4v) is 4.71. The van der Waals surface area contributed by atoms with Crippen LogP contribution in [-0.4, -0.2) is 42.7 Å². The first-order valence-corrected chi connectivity index (χ1v) is 10.6. The van der Waals surface area contributed by atoms with E-state index in [9.17, 15) is 17.2 Å². The van der Waals surface area contributed by atoms with E-state index < -0.39 is 32.6 Å². The highest BCUT2D eigenvalue weighted by molar-refractivity contribution is 7.89. The van der Waals surface area contributed by atoms with Gasteiger partial charge in [-0.3, -0.25) is 10.1 Å². The molecule has 1 aliphatic rings. The molecule has 1 atom stereocenters. The quantitative estimate of drug-likeness (QED) is 0.664. The number of nitrogens with one attached hydrogen (secondary N) is 2. The van der Waals surface area contributed by atoms with Crippen LogP contribution in [0.1, 0.15) is 12.8 Å². The molecule has 1 saturated heterocycles. The number of benzene rings is 1. The third-order valence-electron chi connectivity index (χ3n) is 4.77. The fourth-order valence-electron chi connectivity index (χ4n) is 3.41. The summed E-state index contributed by atoms with van der Waals surface area (Å²) in [5.41, 5.74) is 1.78. The molecule has 2 aromatic heterocycles. The molecule has 0 bridgehead atoms. The zero-order valence-electron chi connectivity index (χ0n) is 15.3. The molecule has 0 unspecified atom stereocenters. The summed E-state index contributed by atoms with van der Waals surface area (Å²) in [5, 5.41) is 7.31. The van der Waals surface area contributed by atoms with Crippen LogP contribution in [0.25, 0.3) is 11.3 Å². The van der Waals surface area contributed by atoms with Crippen LogP contribution < -0.4 is 9.62 Å². The van der Waals surface area contributed by atoms with Gasteiger partial charge in [-0.1, -0.05) is 0 Å². The lowest BCUT2D eigenvalue weighted by Crippen LogP contribution is -2.47. The van der Waals surface area contributed by atoms with Crippen molar-refractivity contribution in [2.24, 2.45) is 0 Å². The Hall–Kier alpha value is -2.85. The van der Waals surface area contributed by atoms with Gasteiger partial charge in [0.1, 0.15) is 11.6 Å². The summed E-state index contributed by atoms with van der Waals surface area (Å²) >= 11 is 0. The van der Waals surface area contributed by atoms with Crippen molar-refractivity contribution in [2.75, 3.05) is 18.0 Å². The van der Waals surface area contributed by atoms with Crippen molar-refractivity contribution >= 4 is 15.8 Å². The molecule has 0 saturated carbocycles. The van der Waals surface area contributed by atoms with Gasteiger partial charge < -0.3 is 4.90 Å². The molecular formula is C19H19F2N5O2S. The van der Waals surface area contributed by atoms with E-state index in [1.54, 1.807) is 12.4 Å². The number of anilines is 1. The lowest BCUT2D eigenvalue weighted by Gasteiger charge is -2.33. The Balaban J connectivity index is 1.48. The van der Waals surface area contributed by atoms with E-state index in [-0.39, 0.29) is 0 Å². The zero-order chi connectivity index (χ0) is 20.4. The Bertz CT molecular complexity index is 1080. The normalized spacial score (nSPS) is 17.4. The number of hydrogen-bond acceptors (Lipinski definition) is 5. The van der Waals surface area contributed by atoms with Gasteiger partial charge in [-0.15, -0.1) is 0 Å². The van der Waals surface area contributed by atoms with Crippen molar-refractivity contribution in [3.63, 3.8) is 0 Å². The number of rotatable bonds is 5. The Morgan fingerprint density at radius 2 is 1.83 bits per heavy atom. The third-order valence-corrected chi connectivity index (χ3v) is 6.27. The van der Waals surface area contributed by atoms with E-state index in [0.29, 0.717) is 24.8 Å². The highest BCUT2D eigenvalue weighted by atomic mass is 32.2. The van der Waals surface area contributed by atoms with Gasteiger partial charge in [0.25, 0.3) is 0 Å². The SMILES string of the molecule is O=S(=O)(N[C@@H]1CCCN(c2cc(-c3ccncc3)[nH]n2)C1)c1cc(F)cc(F)c1. The van der Waals surface area contributed by atoms with Gasteiger partial charge in [-0.2, -0.15) is 5.10 Å². The molecule has 10 heteroatoms. The molecule has 29 heavy (non-hydrogen) atoms. The Morgan fingerprint density at radius 1 is 1.10 bits per heavy atom. The number of piperidine rings is 1. The molecule has 1 fully saturated rings. The molecule has 1 aromatic carbocycles. The second-order valence-corrected chi connectivity index (χ2v) is 8.60. The molecule has 3 aromatic rings. The van der Waals surface area contributed by atoms with Crippen LogP contribution in [0.2, 0.25) is 0 Å². The summed E-state index contributed by atoms with van der Waals surface area (Å²) < 4.78 is 54.5. The minimum Gasteiger partial charge on any atom is -0.354 e. The topological polar surface area (TPSA) is 91.0 Å². The van der Waals surface area contributed by atoms with Crippen LogP contribution in [0.4, 0.5) is 14.6 Å². The van der Waals surface area contributed by atoms with Gasteiger partial charge in [0, 0.05) is 49.2 Å². The number of nitrogens with zero attached hydrogens (tertiary/aromatic N) is 3. The number of pyridine rings is 1. The number of H-pyrrole nitrogens is 1. The Kier molecular flexibility index (Phi) is 5.29. The van der Waals surface area contributed by atoms with Crippen molar-refractivity contribution in [1.29, 1.82) is 0 Å². The van der Waals surface area contributed by atoms with E-state index in [1.165, 1.54) is 0 Å². The molecule has 1 aliphatic heterocycles. The molecule has 3 heterocycles. The van der Waals surface area contributed by atoms with E-state index in [0.717, 1.165) is 36.4 Å². The van der Waals surface area contributed by atoms with Gasteiger partial charge in [-0.25, -0.2) is 21.9 Å². The highest BCUT2D eigenvalue weighted by Crippen LogP contribution is 2.24. The van der Waals surface area contributed by atoms with Crippen LogP contribution in [0.15, 0.2) is 53.7 Å². The average Bonchev–Trinajstić information content (AvgIpc) is 3.18. The summed E-state index contributed by atoms with van der Waals surface area (Å²) in [6, 6.07) is 7.47. The number of halogens is 2. The van der Waals surface area contributed by atoms with Crippen molar-refractivity contribution < 1.29 is 17.2 Å². The summed E-state index contributed by atoms with van der Waals surface area (Å²) in [4.78, 5) is 5.54. The van der Waals surface area contributed by atoms with E-state index in [2.05, 4.69) is 19.9 Å². The number of hydrogen-bond donors (Lipinski definition) is 2. The van der Waals surface area contributed by atoms with Gasteiger partial charge in [0.2, 0.25) is 10.0 Å².